The predicted molar refractivity (Wildman–Crippen MR) is 108 cm³/mol. The van der Waals surface area contributed by atoms with E-state index in [0.29, 0.717) is 11.4 Å². The second kappa shape index (κ2) is 8.67. The Labute approximate surface area is 164 Å². The molecular weight excluding hydrogens is 360 g/mol. The molecule has 2 aromatic rings. The van der Waals surface area contributed by atoms with Crippen molar-refractivity contribution in [3.05, 3.63) is 51.2 Å². The molecule has 2 amide bonds. The zero-order valence-corrected chi connectivity index (χ0v) is 16.9. The van der Waals surface area contributed by atoms with Crippen LogP contribution in [-0.2, 0) is 9.53 Å². The number of anilines is 1. The molecule has 1 N–H and O–H groups in total. The van der Waals surface area contributed by atoms with Crippen LogP contribution >= 0.6 is 11.3 Å². The highest BCUT2D eigenvalue weighted by atomic mass is 32.1. The summed E-state index contributed by atoms with van der Waals surface area (Å²) < 4.78 is 5.69. The molecule has 3 rings (SSSR count). The molecule has 0 radical (unpaired) electrons. The number of ether oxygens (including phenoxy) is 1. The first-order valence-electron chi connectivity index (χ1n) is 9.26. The van der Waals surface area contributed by atoms with Gasteiger partial charge in [-0.15, -0.1) is 11.3 Å². The smallest absolute Gasteiger partial charge is 0.264 e. The van der Waals surface area contributed by atoms with Crippen LogP contribution in [0.25, 0.3) is 0 Å². The number of thiophene rings is 1. The third-order valence-corrected chi connectivity index (χ3v) is 6.01. The van der Waals surface area contributed by atoms with Gasteiger partial charge in [-0.05, 0) is 67.8 Å². The third-order valence-electron chi connectivity index (χ3n) is 5.00. The van der Waals surface area contributed by atoms with Gasteiger partial charge in [0.25, 0.3) is 5.91 Å². The minimum Gasteiger partial charge on any atom is -0.376 e. The van der Waals surface area contributed by atoms with Crippen molar-refractivity contribution >= 4 is 28.8 Å². The van der Waals surface area contributed by atoms with Gasteiger partial charge in [-0.2, -0.15) is 0 Å². The lowest BCUT2D eigenvalue weighted by Crippen LogP contribution is -2.42. The Morgan fingerprint density at radius 1 is 1.22 bits per heavy atom. The van der Waals surface area contributed by atoms with Gasteiger partial charge >= 0.3 is 0 Å². The molecule has 6 heteroatoms. The van der Waals surface area contributed by atoms with Gasteiger partial charge in [-0.3, -0.25) is 9.59 Å². The molecule has 0 saturated carbocycles. The molecule has 2 heterocycles. The Morgan fingerprint density at radius 2 is 2.04 bits per heavy atom. The van der Waals surface area contributed by atoms with Gasteiger partial charge in [0.05, 0.1) is 11.0 Å². The number of rotatable bonds is 6. The number of hydrogen-bond donors (Lipinski definition) is 1. The van der Waals surface area contributed by atoms with Gasteiger partial charge < -0.3 is 15.0 Å². The van der Waals surface area contributed by atoms with E-state index < -0.39 is 0 Å². The second-order valence-corrected chi connectivity index (χ2v) is 7.97. The Balaban J connectivity index is 1.73. The zero-order valence-electron chi connectivity index (χ0n) is 16.1. The minimum atomic E-state index is -0.191. The highest BCUT2D eigenvalue weighted by Gasteiger charge is 2.26. The maximum absolute atomic E-state index is 13.0. The number of aryl methyl sites for hydroxylation is 2. The fraction of sp³-hybridized carbons (Fsp3) is 0.429. The zero-order chi connectivity index (χ0) is 19.4. The summed E-state index contributed by atoms with van der Waals surface area (Å²) in [7, 11) is 0. The summed E-state index contributed by atoms with van der Waals surface area (Å²) in [5.74, 6) is -0.293. The standard InChI is InChI=1S/C21H26N2O3S/c1-14-6-4-8-18(16(14)3)22-19(24)13-23(12-17-7-5-10-26-17)21(25)20-15(2)9-11-27-20/h4,6,8-9,11,17H,5,7,10,12-13H2,1-3H3,(H,22,24). The normalized spacial score (nSPS) is 16.3. The van der Waals surface area contributed by atoms with E-state index in [-0.39, 0.29) is 24.5 Å². The van der Waals surface area contributed by atoms with Crippen LogP contribution in [0.5, 0.6) is 0 Å². The van der Waals surface area contributed by atoms with E-state index >= 15 is 0 Å². The summed E-state index contributed by atoms with van der Waals surface area (Å²) in [6, 6.07) is 7.74. The number of carbonyl (C=O) groups is 2. The molecule has 27 heavy (non-hydrogen) atoms. The summed E-state index contributed by atoms with van der Waals surface area (Å²) >= 11 is 1.42. The third kappa shape index (κ3) is 4.76. The molecule has 1 unspecified atom stereocenters. The summed E-state index contributed by atoms with van der Waals surface area (Å²) in [6.07, 6.45) is 1.92. The lowest BCUT2D eigenvalue weighted by molar-refractivity contribution is -0.117. The molecule has 1 fully saturated rings. The average molecular weight is 387 g/mol. The van der Waals surface area contributed by atoms with E-state index in [2.05, 4.69) is 5.32 Å². The average Bonchev–Trinajstić information content (AvgIpc) is 3.29. The Kier molecular flexibility index (Phi) is 6.29. The summed E-state index contributed by atoms with van der Waals surface area (Å²) in [6.45, 7) is 7.09. The van der Waals surface area contributed by atoms with Crippen molar-refractivity contribution in [1.29, 1.82) is 0 Å². The first kappa shape index (κ1) is 19.6. The van der Waals surface area contributed by atoms with Crippen LogP contribution in [0.1, 0.15) is 39.2 Å². The molecule has 0 aliphatic carbocycles. The number of hydrogen-bond acceptors (Lipinski definition) is 4. The van der Waals surface area contributed by atoms with E-state index in [1.807, 2.05) is 50.4 Å². The Bertz CT molecular complexity index is 825. The molecule has 0 spiro atoms. The Hall–Kier alpha value is -2.18. The van der Waals surface area contributed by atoms with Gasteiger partial charge in [0.1, 0.15) is 6.54 Å². The SMILES string of the molecule is Cc1ccsc1C(=O)N(CC(=O)Nc1cccc(C)c1C)CC1CCCO1. The molecule has 5 nitrogen and oxygen atoms in total. The van der Waals surface area contributed by atoms with Gasteiger partial charge in [0.15, 0.2) is 0 Å². The topological polar surface area (TPSA) is 58.6 Å². The van der Waals surface area contributed by atoms with Crippen LogP contribution in [0.4, 0.5) is 5.69 Å². The van der Waals surface area contributed by atoms with Crippen LogP contribution in [0.3, 0.4) is 0 Å². The highest BCUT2D eigenvalue weighted by Crippen LogP contribution is 2.21. The van der Waals surface area contributed by atoms with Gasteiger partial charge in [-0.1, -0.05) is 12.1 Å². The molecule has 144 valence electrons. The summed E-state index contributed by atoms with van der Waals surface area (Å²) in [4.78, 5) is 28.0. The molecule has 1 atom stereocenters. The lowest BCUT2D eigenvalue weighted by Gasteiger charge is -2.25. The molecule has 1 aromatic carbocycles. The molecule has 0 bridgehead atoms. The van der Waals surface area contributed by atoms with Crippen molar-refractivity contribution in [2.24, 2.45) is 0 Å². The molecular formula is C21H26N2O3S. The predicted octanol–water partition coefficient (Wildman–Crippen LogP) is 3.93. The van der Waals surface area contributed by atoms with Crippen LogP contribution in [-0.4, -0.2) is 42.5 Å². The van der Waals surface area contributed by atoms with Crippen LogP contribution in [0.15, 0.2) is 29.6 Å². The lowest BCUT2D eigenvalue weighted by atomic mass is 10.1. The molecule has 1 saturated heterocycles. The molecule has 1 aliphatic heterocycles. The number of nitrogens with zero attached hydrogens (tertiary/aromatic N) is 1. The van der Waals surface area contributed by atoms with Crippen molar-refractivity contribution < 1.29 is 14.3 Å². The maximum Gasteiger partial charge on any atom is 0.264 e. The maximum atomic E-state index is 13.0. The summed E-state index contributed by atoms with van der Waals surface area (Å²) in [5.41, 5.74) is 3.89. The first-order valence-corrected chi connectivity index (χ1v) is 10.1. The fourth-order valence-electron chi connectivity index (χ4n) is 3.24. The monoisotopic (exact) mass is 386 g/mol. The molecule has 1 aliphatic rings. The van der Waals surface area contributed by atoms with E-state index in [0.717, 1.165) is 41.8 Å². The van der Waals surface area contributed by atoms with Crippen molar-refractivity contribution in [3.8, 4) is 0 Å². The van der Waals surface area contributed by atoms with Crippen LogP contribution < -0.4 is 5.32 Å². The Morgan fingerprint density at radius 3 is 2.70 bits per heavy atom. The first-order chi connectivity index (χ1) is 13.0. The highest BCUT2D eigenvalue weighted by molar-refractivity contribution is 7.12. The quantitative estimate of drug-likeness (QED) is 0.818. The van der Waals surface area contributed by atoms with E-state index in [9.17, 15) is 9.59 Å². The van der Waals surface area contributed by atoms with Gasteiger partial charge in [-0.25, -0.2) is 0 Å². The van der Waals surface area contributed by atoms with Crippen molar-refractivity contribution in [1.82, 2.24) is 4.90 Å². The second-order valence-electron chi connectivity index (χ2n) is 7.05. The molecule has 1 aromatic heterocycles. The largest absolute Gasteiger partial charge is 0.376 e. The number of amides is 2. The van der Waals surface area contributed by atoms with E-state index in [4.69, 9.17) is 4.74 Å². The van der Waals surface area contributed by atoms with E-state index in [1.54, 1.807) is 4.90 Å². The summed E-state index contributed by atoms with van der Waals surface area (Å²) in [5, 5.41) is 4.86. The van der Waals surface area contributed by atoms with Gasteiger partial charge in [0, 0.05) is 18.8 Å². The van der Waals surface area contributed by atoms with Crippen molar-refractivity contribution in [3.63, 3.8) is 0 Å². The van der Waals surface area contributed by atoms with Crippen molar-refractivity contribution in [2.45, 2.75) is 39.7 Å². The van der Waals surface area contributed by atoms with Crippen LogP contribution in [0.2, 0.25) is 0 Å². The number of nitrogens with one attached hydrogen (secondary N) is 1. The van der Waals surface area contributed by atoms with Crippen molar-refractivity contribution in [2.75, 3.05) is 25.0 Å². The van der Waals surface area contributed by atoms with E-state index in [1.165, 1.54) is 11.3 Å². The number of benzene rings is 1. The minimum absolute atomic E-state index is 0.00252. The van der Waals surface area contributed by atoms with Crippen LogP contribution in [0, 0.1) is 20.8 Å². The fourth-order valence-corrected chi connectivity index (χ4v) is 4.13. The number of carbonyl (C=O) groups excluding carboxylic acids is 2. The van der Waals surface area contributed by atoms with Gasteiger partial charge in [0.2, 0.25) is 5.91 Å².